The zero-order chi connectivity index (χ0) is 11.8. The number of ether oxygens (including phenoxy) is 1. The van der Waals surface area contributed by atoms with E-state index in [9.17, 15) is 0 Å². The summed E-state index contributed by atoms with van der Waals surface area (Å²) in [5.74, 6) is 0.844. The molecule has 0 aliphatic heterocycles. The molecule has 0 saturated carbocycles. The maximum atomic E-state index is 5.58. The van der Waals surface area contributed by atoms with Crippen LogP contribution in [0.2, 0.25) is 0 Å². The zero-order valence-electron chi connectivity index (χ0n) is 10.5. The van der Waals surface area contributed by atoms with E-state index < -0.39 is 0 Å². The molecule has 90 valence electrons. The maximum absolute atomic E-state index is 5.58. The van der Waals surface area contributed by atoms with E-state index in [0.717, 1.165) is 18.0 Å². The lowest BCUT2D eigenvalue weighted by molar-refractivity contribution is 0.301. The summed E-state index contributed by atoms with van der Waals surface area (Å²) in [6.07, 6.45) is 4.11. The Morgan fingerprint density at radius 3 is 2.62 bits per heavy atom. The third-order valence-corrected chi connectivity index (χ3v) is 2.67. The van der Waals surface area contributed by atoms with Crippen molar-refractivity contribution in [3.63, 3.8) is 0 Å². The summed E-state index contributed by atoms with van der Waals surface area (Å²) >= 11 is 0. The van der Waals surface area contributed by atoms with Crippen molar-refractivity contribution in [3.05, 3.63) is 24.0 Å². The molecule has 0 aromatic carbocycles. The maximum Gasteiger partial charge on any atom is 0.137 e. The van der Waals surface area contributed by atoms with Crippen LogP contribution in [-0.2, 0) is 0 Å². The van der Waals surface area contributed by atoms with Gasteiger partial charge in [0.25, 0.3) is 0 Å². The molecule has 0 aliphatic carbocycles. The molecule has 0 aliphatic rings. The minimum absolute atomic E-state index is 0.611. The highest BCUT2D eigenvalue weighted by atomic mass is 16.5. The molecule has 16 heavy (non-hydrogen) atoms. The molecule has 0 spiro atoms. The fourth-order valence-electron chi connectivity index (χ4n) is 1.55. The van der Waals surface area contributed by atoms with Crippen molar-refractivity contribution in [3.8, 4) is 5.75 Å². The van der Waals surface area contributed by atoms with Gasteiger partial charge >= 0.3 is 0 Å². The fourth-order valence-corrected chi connectivity index (χ4v) is 1.55. The highest BCUT2D eigenvalue weighted by Gasteiger charge is 2.01. The summed E-state index contributed by atoms with van der Waals surface area (Å²) in [4.78, 5) is 4.18. The van der Waals surface area contributed by atoms with E-state index in [0.29, 0.717) is 12.6 Å². The number of nitrogens with one attached hydrogen (secondary N) is 1. The Hall–Kier alpha value is -1.09. The molecule has 1 N–H and O–H groups in total. The molecular formula is C13H22N2O. The van der Waals surface area contributed by atoms with Crippen molar-refractivity contribution in [2.24, 2.45) is 0 Å². The number of aryl methyl sites for hydroxylation is 1. The van der Waals surface area contributed by atoms with E-state index in [4.69, 9.17) is 4.74 Å². The van der Waals surface area contributed by atoms with Gasteiger partial charge in [-0.3, -0.25) is 4.98 Å². The molecule has 0 unspecified atom stereocenters. The predicted molar refractivity (Wildman–Crippen MR) is 66.8 cm³/mol. The van der Waals surface area contributed by atoms with E-state index in [1.165, 1.54) is 12.8 Å². The van der Waals surface area contributed by atoms with Crippen LogP contribution in [-0.4, -0.2) is 24.2 Å². The quantitative estimate of drug-likeness (QED) is 0.720. The number of pyridine rings is 1. The van der Waals surface area contributed by atoms with Gasteiger partial charge in [-0.1, -0.05) is 13.8 Å². The predicted octanol–water partition coefficient (Wildman–Crippen LogP) is 2.55. The topological polar surface area (TPSA) is 34.1 Å². The molecule has 0 radical (unpaired) electrons. The molecule has 1 rings (SSSR count). The lowest BCUT2D eigenvalue weighted by atomic mass is 10.2. The summed E-state index contributed by atoms with van der Waals surface area (Å²) < 4.78 is 5.58. The van der Waals surface area contributed by atoms with Gasteiger partial charge < -0.3 is 10.1 Å². The van der Waals surface area contributed by atoms with Crippen molar-refractivity contribution < 1.29 is 4.74 Å². The van der Waals surface area contributed by atoms with Gasteiger partial charge in [-0.25, -0.2) is 0 Å². The first-order valence-corrected chi connectivity index (χ1v) is 6.05. The summed E-state index contributed by atoms with van der Waals surface area (Å²) in [6, 6.07) is 4.53. The van der Waals surface area contributed by atoms with Crippen LogP contribution in [0.3, 0.4) is 0 Å². The van der Waals surface area contributed by atoms with Crippen molar-refractivity contribution in [1.82, 2.24) is 10.3 Å². The Balaban J connectivity index is 2.18. The summed E-state index contributed by atoms with van der Waals surface area (Å²) in [6.45, 7) is 7.96. The SMILES string of the molecule is CCC(CC)NCCOc1ccc(C)nc1. The Morgan fingerprint density at radius 1 is 1.31 bits per heavy atom. The number of hydrogen-bond acceptors (Lipinski definition) is 3. The fraction of sp³-hybridized carbons (Fsp3) is 0.615. The molecule has 1 heterocycles. The molecule has 1 aromatic heterocycles. The Morgan fingerprint density at radius 2 is 2.06 bits per heavy atom. The number of aromatic nitrogens is 1. The molecule has 0 fully saturated rings. The van der Waals surface area contributed by atoms with Crippen LogP contribution >= 0.6 is 0 Å². The van der Waals surface area contributed by atoms with Crippen molar-refractivity contribution >= 4 is 0 Å². The second-order valence-corrected chi connectivity index (χ2v) is 3.95. The van der Waals surface area contributed by atoms with Crippen LogP contribution in [0, 0.1) is 6.92 Å². The molecule has 3 heteroatoms. The van der Waals surface area contributed by atoms with Crippen molar-refractivity contribution in [2.75, 3.05) is 13.2 Å². The molecule has 0 amide bonds. The molecule has 1 aromatic rings. The van der Waals surface area contributed by atoms with Crippen LogP contribution in [0.1, 0.15) is 32.4 Å². The third-order valence-electron chi connectivity index (χ3n) is 2.67. The number of hydrogen-bond donors (Lipinski definition) is 1. The summed E-state index contributed by atoms with van der Waals surface area (Å²) in [7, 11) is 0. The monoisotopic (exact) mass is 222 g/mol. The van der Waals surface area contributed by atoms with Gasteiger partial charge in [0.2, 0.25) is 0 Å². The van der Waals surface area contributed by atoms with Gasteiger partial charge in [-0.15, -0.1) is 0 Å². The normalized spacial score (nSPS) is 10.8. The Kier molecular flexibility index (Phi) is 5.86. The van der Waals surface area contributed by atoms with E-state index in [1.54, 1.807) is 6.20 Å². The van der Waals surface area contributed by atoms with E-state index in [2.05, 4.69) is 24.1 Å². The second-order valence-electron chi connectivity index (χ2n) is 3.95. The number of rotatable bonds is 7. The largest absolute Gasteiger partial charge is 0.491 e. The van der Waals surface area contributed by atoms with Gasteiger partial charge in [0.05, 0.1) is 6.20 Å². The van der Waals surface area contributed by atoms with Crippen LogP contribution in [0.15, 0.2) is 18.3 Å². The van der Waals surface area contributed by atoms with Gasteiger partial charge in [-0.05, 0) is 31.9 Å². The average Bonchev–Trinajstić information content (AvgIpc) is 2.32. The smallest absolute Gasteiger partial charge is 0.137 e. The highest BCUT2D eigenvalue weighted by molar-refractivity contribution is 5.18. The Bertz CT molecular complexity index is 280. The Labute approximate surface area is 98.2 Å². The van der Waals surface area contributed by atoms with Gasteiger partial charge in [0, 0.05) is 18.3 Å². The van der Waals surface area contributed by atoms with E-state index in [-0.39, 0.29) is 0 Å². The lowest BCUT2D eigenvalue weighted by Crippen LogP contribution is -2.31. The molecule has 0 bridgehead atoms. The first kappa shape index (κ1) is 13.0. The van der Waals surface area contributed by atoms with Crippen LogP contribution < -0.4 is 10.1 Å². The minimum atomic E-state index is 0.611. The van der Waals surface area contributed by atoms with Crippen LogP contribution in [0.5, 0.6) is 5.75 Å². The van der Waals surface area contributed by atoms with E-state index >= 15 is 0 Å². The first-order chi connectivity index (χ1) is 7.76. The van der Waals surface area contributed by atoms with E-state index in [1.807, 2.05) is 19.1 Å². The van der Waals surface area contributed by atoms with Gasteiger partial charge in [0.15, 0.2) is 0 Å². The van der Waals surface area contributed by atoms with Crippen molar-refractivity contribution in [2.45, 2.75) is 39.7 Å². The molecular weight excluding hydrogens is 200 g/mol. The van der Waals surface area contributed by atoms with Crippen LogP contribution in [0.25, 0.3) is 0 Å². The van der Waals surface area contributed by atoms with Crippen molar-refractivity contribution in [1.29, 1.82) is 0 Å². The first-order valence-electron chi connectivity index (χ1n) is 6.05. The third kappa shape index (κ3) is 4.62. The lowest BCUT2D eigenvalue weighted by Gasteiger charge is -2.14. The number of nitrogens with zero attached hydrogens (tertiary/aromatic N) is 1. The molecule has 0 atom stereocenters. The average molecular weight is 222 g/mol. The summed E-state index contributed by atoms with van der Waals surface area (Å²) in [5.41, 5.74) is 1.02. The van der Waals surface area contributed by atoms with Crippen LogP contribution in [0.4, 0.5) is 0 Å². The summed E-state index contributed by atoms with van der Waals surface area (Å²) in [5, 5.41) is 3.46. The molecule has 0 saturated heterocycles. The minimum Gasteiger partial charge on any atom is -0.491 e. The zero-order valence-corrected chi connectivity index (χ0v) is 10.5. The highest BCUT2D eigenvalue weighted by Crippen LogP contribution is 2.07. The molecule has 3 nitrogen and oxygen atoms in total. The van der Waals surface area contributed by atoms with Gasteiger partial charge in [-0.2, -0.15) is 0 Å². The second kappa shape index (κ2) is 7.23. The van der Waals surface area contributed by atoms with Gasteiger partial charge in [0.1, 0.15) is 12.4 Å². The standard InChI is InChI=1S/C13H22N2O/c1-4-12(5-2)14-8-9-16-13-7-6-11(3)15-10-13/h6-7,10,12,14H,4-5,8-9H2,1-3H3.